The Kier molecular flexibility index (Phi) is 6.15. The summed E-state index contributed by atoms with van der Waals surface area (Å²) in [6.07, 6.45) is 2.19. The van der Waals surface area contributed by atoms with Crippen molar-refractivity contribution in [2.24, 2.45) is 0 Å². The quantitative estimate of drug-likeness (QED) is 0.723. The molecule has 1 aromatic carbocycles. The number of carbonyl (C=O) groups is 2. The van der Waals surface area contributed by atoms with Crippen molar-refractivity contribution in [1.82, 2.24) is 9.80 Å². The molecule has 2 amide bonds. The van der Waals surface area contributed by atoms with Crippen molar-refractivity contribution in [3.8, 4) is 0 Å². The normalized spacial score (nSPS) is 13.9. The van der Waals surface area contributed by atoms with Gasteiger partial charge in [0.1, 0.15) is 0 Å². The second-order valence-electron chi connectivity index (χ2n) is 6.11. The third-order valence-electron chi connectivity index (χ3n) is 4.25. The van der Waals surface area contributed by atoms with E-state index in [1.165, 1.54) is 11.8 Å². The Morgan fingerprint density at radius 2 is 1.92 bits per heavy atom. The Balaban J connectivity index is 1.65. The van der Waals surface area contributed by atoms with E-state index < -0.39 is 0 Å². The van der Waals surface area contributed by atoms with E-state index >= 15 is 0 Å². The molecule has 4 nitrogen and oxygen atoms in total. The molecule has 2 aromatic rings. The van der Waals surface area contributed by atoms with Crippen LogP contribution < -0.4 is 0 Å². The summed E-state index contributed by atoms with van der Waals surface area (Å²) in [6, 6.07) is 11.6. The van der Waals surface area contributed by atoms with Crippen molar-refractivity contribution < 1.29 is 9.59 Å². The summed E-state index contributed by atoms with van der Waals surface area (Å²) in [5.74, 6) is 0.542. The van der Waals surface area contributed by atoms with Crippen molar-refractivity contribution in [2.45, 2.75) is 24.3 Å². The highest BCUT2D eigenvalue weighted by molar-refractivity contribution is 8.00. The molecular weight excluding hydrogens is 352 g/mol. The molecule has 132 valence electrons. The van der Waals surface area contributed by atoms with E-state index in [2.05, 4.69) is 0 Å². The van der Waals surface area contributed by atoms with Crippen molar-refractivity contribution in [1.29, 1.82) is 0 Å². The fraction of sp³-hybridized carbons (Fsp3) is 0.368. The number of rotatable bonds is 6. The number of thioether (sulfide) groups is 1. The zero-order chi connectivity index (χ0) is 17.6. The molecule has 0 atom stereocenters. The van der Waals surface area contributed by atoms with Crippen LogP contribution in [0.4, 0.5) is 0 Å². The van der Waals surface area contributed by atoms with Crippen LogP contribution in [0.15, 0.2) is 46.7 Å². The Labute approximate surface area is 156 Å². The smallest absolute Gasteiger partial charge is 0.255 e. The van der Waals surface area contributed by atoms with Crippen LogP contribution in [0.25, 0.3) is 0 Å². The minimum absolute atomic E-state index is 0.00915. The first-order valence-corrected chi connectivity index (χ1v) is 10.3. The topological polar surface area (TPSA) is 40.6 Å². The molecule has 1 aliphatic heterocycles. The molecule has 0 radical (unpaired) electrons. The van der Waals surface area contributed by atoms with E-state index in [-0.39, 0.29) is 11.8 Å². The maximum absolute atomic E-state index is 12.8. The van der Waals surface area contributed by atoms with E-state index in [0.29, 0.717) is 17.9 Å². The molecular formula is C19H22N2O2S2. The van der Waals surface area contributed by atoms with Crippen LogP contribution in [0.5, 0.6) is 0 Å². The van der Waals surface area contributed by atoms with Crippen LogP contribution in [-0.2, 0) is 11.3 Å². The number of nitrogens with zero attached hydrogens (tertiary/aromatic N) is 2. The second-order valence-corrected chi connectivity index (χ2v) is 8.16. The van der Waals surface area contributed by atoms with Gasteiger partial charge in [-0.15, -0.1) is 23.1 Å². The lowest BCUT2D eigenvalue weighted by Crippen LogP contribution is -2.29. The first-order valence-electron chi connectivity index (χ1n) is 8.42. The summed E-state index contributed by atoms with van der Waals surface area (Å²) in [6.45, 7) is 2.33. The third kappa shape index (κ3) is 4.64. The summed E-state index contributed by atoms with van der Waals surface area (Å²) in [5, 5.41) is 2.02. The van der Waals surface area contributed by atoms with Gasteiger partial charge in [-0.25, -0.2) is 0 Å². The van der Waals surface area contributed by atoms with Gasteiger partial charge in [0, 0.05) is 29.9 Å². The van der Waals surface area contributed by atoms with Crippen LogP contribution >= 0.6 is 23.1 Å². The van der Waals surface area contributed by atoms with Crippen molar-refractivity contribution in [3.05, 3.63) is 52.2 Å². The lowest BCUT2D eigenvalue weighted by atomic mass is 10.2. The van der Waals surface area contributed by atoms with E-state index in [9.17, 15) is 9.59 Å². The molecule has 6 heteroatoms. The number of thiophene rings is 1. The molecule has 1 saturated heterocycles. The van der Waals surface area contributed by atoms with Crippen LogP contribution in [0, 0.1) is 0 Å². The first kappa shape index (κ1) is 18.0. The fourth-order valence-electron chi connectivity index (χ4n) is 2.88. The van der Waals surface area contributed by atoms with Crippen molar-refractivity contribution in [2.75, 3.05) is 25.9 Å². The number of amides is 2. The molecule has 0 spiro atoms. The predicted molar refractivity (Wildman–Crippen MR) is 103 cm³/mol. The van der Waals surface area contributed by atoms with Crippen LogP contribution in [-0.4, -0.2) is 47.5 Å². The monoisotopic (exact) mass is 374 g/mol. The van der Waals surface area contributed by atoms with E-state index in [4.69, 9.17) is 0 Å². The average molecular weight is 375 g/mol. The number of likely N-dealkylation sites (tertiary alicyclic amines) is 1. The molecule has 0 aliphatic carbocycles. The predicted octanol–water partition coefficient (Wildman–Crippen LogP) is 3.73. The highest BCUT2D eigenvalue weighted by Crippen LogP contribution is 2.25. The zero-order valence-electron chi connectivity index (χ0n) is 14.3. The van der Waals surface area contributed by atoms with Gasteiger partial charge in [0.25, 0.3) is 5.91 Å². The molecule has 0 N–H and O–H groups in total. The maximum Gasteiger partial charge on any atom is 0.255 e. The maximum atomic E-state index is 12.8. The average Bonchev–Trinajstić information content (AvgIpc) is 3.33. The number of benzene rings is 1. The third-order valence-corrected chi connectivity index (χ3v) is 6.17. The summed E-state index contributed by atoms with van der Waals surface area (Å²) < 4.78 is 0. The van der Waals surface area contributed by atoms with Gasteiger partial charge in [0.2, 0.25) is 5.91 Å². The van der Waals surface area contributed by atoms with E-state index in [1.807, 2.05) is 53.7 Å². The summed E-state index contributed by atoms with van der Waals surface area (Å²) in [5.41, 5.74) is 0.667. The number of hydrogen-bond donors (Lipinski definition) is 0. The van der Waals surface area contributed by atoms with Crippen LogP contribution in [0.2, 0.25) is 0 Å². The number of carbonyl (C=O) groups excluding carboxylic acids is 2. The van der Waals surface area contributed by atoms with Gasteiger partial charge in [-0.05, 0) is 36.4 Å². The van der Waals surface area contributed by atoms with Gasteiger partial charge in [0.05, 0.1) is 17.9 Å². The molecule has 0 saturated carbocycles. The summed E-state index contributed by atoms with van der Waals surface area (Å²) in [4.78, 5) is 30.7. The molecule has 0 bridgehead atoms. The van der Waals surface area contributed by atoms with Gasteiger partial charge >= 0.3 is 0 Å². The van der Waals surface area contributed by atoms with Gasteiger partial charge in [0.15, 0.2) is 0 Å². The molecule has 1 aliphatic rings. The van der Waals surface area contributed by atoms with Gasteiger partial charge in [-0.1, -0.05) is 18.2 Å². The summed E-state index contributed by atoms with van der Waals surface area (Å²) >= 11 is 3.11. The van der Waals surface area contributed by atoms with Gasteiger partial charge < -0.3 is 9.80 Å². The highest BCUT2D eigenvalue weighted by Gasteiger charge is 2.20. The van der Waals surface area contributed by atoms with Crippen LogP contribution in [0.3, 0.4) is 0 Å². The van der Waals surface area contributed by atoms with Gasteiger partial charge in [-0.2, -0.15) is 0 Å². The highest BCUT2D eigenvalue weighted by atomic mass is 32.2. The number of hydrogen-bond acceptors (Lipinski definition) is 4. The fourth-order valence-corrected chi connectivity index (χ4v) is 4.58. The van der Waals surface area contributed by atoms with E-state index in [1.54, 1.807) is 16.2 Å². The Morgan fingerprint density at radius 1 is 1.16 bits per heavy atom. The minimum atomic E-state index is -0.00915. The minimum Gasteiger partial charge on any atom is -0.342 e. The standard InChI is InChI=1S/C19H22N2O2S2/c1-20(13-15-7-6-12-24-15)19(23)16-8-2-3-9-17(16)25-14-18(22)21-10-4-5-11-21/h2-3,6-9,12H,4-5,10-11,13-14H2,1H3. The van der Waals surface area contributed by atoms with Gasteiger partial charge in [-0.3, -0.25) is 9.59 Å². The lowest BCUT2D eigenvalue weighted by Gasteiger charge is -2.19. The molecule has 0 unspecified atom stereocenters. The molecule has 25 heavy (non-hydrogen) atoms. The second kappa shape index (κ2) is 8.54. The SMILES string of the molecule is CN(Cc1cccs1)C(=O)c1ccccc1SCC(=O)N1CCCC1. The van der Waals surface area contributed by atoms with Crippen molar-refractivity contribution in [3.63, 3.8) is 0 Å². The Bertz CT molecular complexity index is 725. The van der Waals surface area contributed by atoms with E-state index in [0.717, 1.165) is 35.7 Å². The van der Waals surface area contributed by atoms with Crippen molar-refractivity contribution >= 4 is 34.9 Å². The largest absolute Gasteiger partial charge is 0.342 e. The molecule has 1 aromatic heterocycles. The Morgan fingerprint density at radius 3 is 2.64 bits per heavy atom. The molecule has 1 fully saturated rings. The zero-order valence-corrected chi connectivity index (χ0v) is 15.9. The summed E-state index contributed by atoms with van der Waals surface area (Å²) in [7, 11) is 1.82. The first-order chi connectivity index (χ1) is 12.1. The molecule has 3 rings (SSSR count). The lowest BCUT2D eigenvalue weighted by molar-refractivity contribution is -0.127. The Hall–Kier alpha value is -1.79. The molecule has 2 heterocycles. The van der Waals surface area contributed by atoms with Crippen LogP contribution in [0.1, 0.15) is 28.1 Å².